The van der Waals surface area contributed by atoms with Crippen molar-refractivity contribution in [2.24, 2.45) is 0 Å². The molecule has 8 heteroatoms. The van der Waals surface area contributed by atoms with Crippen molar-refractivity contribution in [3.63, 3.8) is 0 Å². The number of morpholine rings is 1. The number of benzene rings is 1. The molecule has 0 unspecified atom stereocenters. The summed E-state index contributed by atoms with van der Waals surface area (Å²) < 4.78 is 29.1. The lowest BCUT2D eigenvalue weighted by Crippen LogP contribution is -2.48. The number of sulfone groups is 1. The summed E-state index contributed by atoms with van der Waals surface area (Å²) in [6.45, 7) is 6.32. The Kier molecular flexibility index (Phi) is 6.16. The molecular weight excluding hydrogens is 354 g/mol. The summed E-state index contributed by atoms with van der Waals surface area (Å²) in [5.74, 6) is 0.209. The van der Waals surface area contributed by atoms with Crippen LogP contribution in [0.2, 0.25) is 0 Å². The first-order chi connectivity index (χ1) is 12.4. The largest absolute Gasteiger partial charge is 0.379 e. The fourth-order valence-electron chi connectivity index (χ4n) is 3.38. The second-order valence-corrected chi connectivity index (χ2v) is 9.23. The Hall–Kier alpha value is -1.64. The van der Waals surface area contributed by atoms with Gasteiger partial charge in [-0.15, -0.1) is 0 Å². The summed E-state index contributed by atoms with van der Waals surface area (Å²) in [7, 11) is -3.05. The molecule has 0 saturated carbocycles. The molecule has 2 fully saturated rings. The summed E-state index contributed by atoms with van der Waals surface area (Å²) in [6.07, 6.45) is 0.507. The molecule has 1 aromatic rings. The average molecular weight is 381 g/mol. The molecule has 26 heavy (non-hydrogen) atoms. The van der Waals surface area contributed by atoms with Crippen LogP contribution < -0.4 is 5.32 Å². The Morgan fingerprint density at radius 1 is 1.27 bits per heavy atom. The van der Waals surface area contributed by atoms with Crippen LogP contribution in [0.3, 0.4) is 0 Å². The van der Waals surface area contributed by atoms with Crippen LogP contribution in [0.4, 0.5) is 10.5 Å². The van der Waals surface area contributed by atoms with E-state index in [0.717, 1.165) is 30.9 Å². The fourth-order valence-corrected chi connectivity index (χ4v) is 5.11. The van der Waals surface area contributed by atoms with Gasteiger partial charge in [-0.1, -0.05) is 17.7 Å². The predicted molar refractivity (Wildman–Crippen MR) is 101 cm³/mol. The van der Waals surface area contributed by atoms with E-state index in [4.69, 9.17) is 4.74 Å². The summed E-state index contributed by atoms with van der Waals surface area (Å²) in [5.41, 5.74) is 1.84. The lowest BCUT2D eigenvalue weighted by molar-refractivity contribution is 0.0340. The van der Waals surface area contributed by atoms with E-state index in [2.05, 4.69) is 10.2 Å². The van der Waals surface area contributed by atoms with Gasteiger partial charge in [0.1, 0.15) is 0 Å². The minimum Gasteiger partial charge on any atom is -0.379 e. The molecule has 2 amide bonds. The van der Waals surface area contributed by atoms with Gasteiger partial charge in [-0.3, -0.25) is 4.90 Å². The molecule has 0 radical (unpaired) electrons. The van der Waals surface area contributed by atoms with Crippen LogP contribution in [0.1, 0.15) is 12.0 Å². The van der Waals surface area contributed by atoms with Gasteiger partial charge in [0, 0.05) is 37.9 Å². The van der Waals surface area contributed by atoms with E-state index < -0.39 is 9.84 Å². The van der Waals surface area contributed by atoms with Crippen molar-refractivity contribution in [2.75, 3.05) is 56.2 Å². The van der Waals surface area contributed by atoms with Crippen molar-refractivity contribution >= 4 is 21.6 Å². The molecule has 144 valence electrons. The van der Waals surface area contributed by atoms with Gasteiger partial charge in [0.2, 0.25) is 0 Å². The molecule has 0 spiro atoms. The molecule has 2 heterocycles. The molecule has 0 aromatic heterocycles. The van der Waals surface area contributed by atoms with Gasteiger partial charge < -0.3 is 15.0 Å². The number of hydrogen-bond donors (Lipinski definition) is 1. The predicted octanol–water partition coefficient (Wildman–Crippen LogP) is 1.35. The minimum absolute atomic E-state index is 0.0530. The second-order valence-electron chi connectivity index (χ2n) is 7.00. The number of ether oxygens (including phenoxy) is 1. The molecule has 0 aliphatic carbocycles. The molecule has 1 atom stereocenters. The standard InChI is InChI=1S/C18H27N3O4S/c1-15-2-4-16(5-3-15)19-18(22)21(17-6-13-26(23,24)14-17)8-7-20-9-11-25-12-10-20/h2-5,17H,6-14H2,1H3,(H,19,22)/t17-/m1/s1. The first-order valence-electron chi connectivity index (χ1n) is 9.08. The van der Waals surface area contributed by atoms with Gasteiger partial charge in [0.05, 0.1) is 24.7 Å². The van der Waals surface area contributed by atoms with Crippen molar-refractivity contribution in [2.45, 2.75) is 19.4 Å². The molecule has 1 N–H and O–H groups in total. The van der Waals surface area contributed by atoms with E-state index in [-0.39, 0.29) is 23.6 Å². The Balaban J connectivity index is 1.66. The van der Waals surface area contributed by atoms with Crippen molar-refractivity contribution in [3.8, 4) is 0 Å². The van der Waals surface area contributed by atoms with Crippen LogP contribution >= 0.6 is 0 Å². The fraction of sp³-hybridized carbons (Fsp3) is 0.611. The number of hydrogen-bond acceptors (Lipinski definition) is 5. The monoisotopic (exact) mass is 381 g/mol. The van der Waals surface area contributed by atoms with Gasteiger partial charge in [-0.05, 0) is 25.5 Å². The molecule has 7 nitrogen and oxygen atoms in total. The zero-order valence-corrected chi connectivity index (χ0v) is 16.0. The van der Waals surface area contributed by atoms with Gasteiger partial charge in [0.15, 0.2) is 9.84 Å². The number of nitrogens with zero attached hydrogens (tertiary/aromatic N) is 2. The van der Waals surface area contributed by atoms with E-state index in [9.17, 15) is 13.2 Å². The number of anilines is 1. The quantitative estimate of drug-likeness (QED) is 0.833. The van der Waals surface area contributed by atoms with E-state index >= 15 is 0 Å². The zero-order valence-electron chi connectivity index (χ0n) is 15.2. The molecule has 3 rings (SSSR count). The van der Waals surface area contributed by atoms with Crippen molar-refractivity contribution in [1.29, 1.82) is 0 Å². The number of urea groups is 1. The van der Waals surface area contributed by atoms with E-state index in [1.807, 2.05) is 31.2 Å². The van der Waals surface area contributed by atoms with Gasteiger partial charge >= 0.3 is 6.03 Å². The smallest absolute Gasteiger partial charge is 0.322 e. The number of rotatable bonds is 5. The van der Waals surface area contributed by atoms with Crippen LogP contribution in [0.5, 0.6) is 0 Å². The summed E-state index contributed by atoms with van der Waals surface area (Å²) in [6, 6.07) is 7.11. The molecule has 2 aliphatic heterocycles. The summed E-state index contributed by atoms with van der Waals surface area (Å²) >= 11 is 0. The van der Waals surface area contributed by atoms with Crippen LogP contribution in [-0.4, -0.2) is 81.2 Å². The van der Waals surface area contributed by atoms with Gasteiger partial charge in [-0.25, -0.2) is 13.2 Å². The van der Waals surface area contributed by atoms with Crippen molar-refractivity contribution in [3.05, 3.63) is 29.8 Å². The first-order valence-corrected chi connectivity index (χ1v) is 10.9. The number of amides is 2. The van der Waals surface area contributed by atoms with Crippen molar-refractivity contribution < 1.29 is 17.9 Å². The summed E-state index contributed by atoms with van der Waals surface area (Å²) in [4.78, 5) is 16.8. The molecule has 0 bridgehead atoms. The summed E-state index contributed by atoms with van der Waals surface area (Å²) in [5, 5.41) is 2.91. The average Bonchev–Trinajstić information content (AvgIpc) is 2.98. The van der Waals surface area contributed by atoms with Crippen LogP contribution in [0.25, 0.3) is 0 Å². The third-order valence-corrected chi connectivity index (χ3v) is 6.72. The molecule has 2 aliphatic rings. The first kappa shape index (κ1) is 19.1. The maximum atomic E-state index is 12.8. The maximum absolute atomic E-state index is 12.8. The molecule has 2 saturated heterocycles. The maximum Gasteiger partial charge on any atom is 0.322 e. The minimum atomic E-state index is -3.05. The van der Waals surface area contributed by atoms with E-state index in [0.29, 0.717) is 26.2 Å². The third kappa shape index (κ3) is 5.18. The zero-order chi connectivity index (χ0) is 18.6. The Labute approximate surface area is 155 Å². The second kappa shape index (κ2) is 8.37. The highest BCUT2D eigenvalue weighted by molar-refractivity contribution is 7.91. The van der Waals surface area contributed by atoms with Crippen molar-refractivity contribution in [1.82, 2.24) is 9.80 Å². The Bertz CT molecular complexity index is 714. The Morgan fingerprint density at radius 3 is 2.58 bits per heavy atom. The van der Waals surface area contributed by atoms with Gasteiger partial charge in [-0.2, -0.15) is 0 Å². The lowest BCUT2D eigenvalue weighted by Gasteiger charge is -2.32. The van der Waals surface area contributed by atoms with E-state index in [1.54, 1.807) is 4.90 Å². The lowest BCUT2D eigenvalue weighted by atomic mass is 10.2. The molecule has 1 aromatic carbocycles. The topological polar surface area (TPSA) is 79.0 Å². The highest BCUT2D eigenvalue weighted by Crippen LogP contribution is 2.19. The number of carbonyl (C=O) groups excluding carboxylic acids is 1. The Morgan fingerprint density at radius 2 is 1.96 bits per heavy atom. The third-order valence-electron chi connectivity index (χ3n) is 4.97. The van der Waals surface area contributed by atoms with Crippen LogP contribution in [0, 0.1) is 6.92 Å². The van der Waals surface area contributed by atoms with Crippen LogP contribution in [-0.2, 0) is 14.6 Å². The number of carbonyl (C=O) groups is 1. The number of aryl methyl sites for hydroxylation is 1. The SMILES string of the molecule is Cc1ccc(NC(=O)N(CCN2CCOCC2)[C@@H]2CCS(=O)(=O)C2)cc1. The highest BCUT2D eigenvalue weighted by Gasteiger charge is 2.34. The van der Waals surface area contributed by atoms with Crippen LogP contribution in [0.15, 0.2) is 24.3 Å². The number of nitrogens with one attached hydrogen (secondary N) is 1. The highest BCUT2D eigenvalue weighted by atomic mass is 32.2. The van der Waals surface area contributed by atoms with E-state index in [1.165, 1.54) is 0 Å². The molecular formula is C18H27N3O4S. The normalized spacial score (nSPS) is 22.9. The van der Waals surface area contributed by atoms with Gasteiger partial charge in [0.25, 0.3) is 0 Å².